The van der Waals surface area contributed by atoms with Crippen molar-refractivity contribution in [1.82, 2.24) is 4.90 Å². The highest BCUT2D eigenvalue weighted by molar-refractivity contribution is 9.10. The van der Waals surface area contributed by atoms with Crippen molar-refractivity contribution < 1.29 is 5.11 Å². The van der Waals surface area contributed by atoms with Crippen molar-refractivity contribution in [2.24, 2.45) is 0 Å². The minimum atomic E-state index is -0.439. The van der Waals surface area contributed by atoms with Crippen molar-refractivity contribution in [3.05, 3.63) is 28.2 Å². The lowest BCUT2D eigenvalue weighted by Gasteiger charge is -2.30. The third kappa shape index (κ3) is 3.54. The van der Waals surface area contributed by atoms with Crippen LogP contribution in [0, 0.1) is 0 Å². The van der Waals surface area contributed by atoms with Crippen LogP contribution in [0.2, 0.25) is 0 Å². The maximum atomic E-state index is 9.95. The first kappa shape index (κ1) is 15.8. The zero-order chi connectivity index (χ0) is 14.7. The summed E-state index contributed by atoms with van der Waals surface area (Å²) >= 11 is 3.53. The van der Waals surface area contributed by atoms with E-state index >= 15 is 0 Å². The van der Waals surface area contributed by atoms with E-state index in [2.05, 4.69) is 45.8 Å². The van der Waals surface area contributed by atoms with E-state index in [0.717, 1.165) is 28.8 Å². The summed E-state index contributed by atoms with van der Waals surface area (Å²) < 4.78 is 1.06. The Hall–Kier alpha value is -0.580. The molecule has 0 aliphatic carbocycles. The lowest BCUT2D eigenvalue weighted by molar-refractivity contribution is 0.199. The van der Waals surface area contributed by atoms with Gasteiger partial charge in [0, 0.05) is 35.4 Å². The van der Waals surface area contributed by atoms with Crippen LogP contribution in [-0.2, 0) is 0 Å². The third-order valence-electron chi connectivity index (χ3n) is 4.24. The van der Waals surface area contributed by atoms with Crippen molar-refractivity contribution in [3.63, 3.8) is 0 Å². The smallest absolute Gasteiger partial charge is 0.0782 e. The summed E-state index contributed by atoms with van der Waals surface area (Å²) in [6.45, 7) is 7.42. The Labute approximate surface area is 130 Å². The molecule has 1 aromatic carbocycles. The van der Waals surface area contributed by atoms with E-state index < -0.39 is 6.10 Å². The normalized spacial score (nSPS) is 21.1. The topological polar surface area (TPSA) is 26.7 Å². The fourth-order valence-corrected chi connectivity index (χ4v) is 3.48. The molecule has 0 aromatic heterocycles. The van der Waals surface area contributed by atoms with E-state index in [0.29, 0.717) is 6.04 Å². The van der Waals surface area contributed by atoms with Gasteiger partial charge in [0.1, 0.15) is 0 Å². The quantitative estimate of drug-likeness (QED) is 0.889. The largest absolute Gasteiger partial charge is 0.389 e. The number of hydrogen-bond donors (Lipinski definition) is 1. The van der Waals surface area contributed by atoms with E-state index in [1.165, 1.54) is 19.4 Å². The van der Waals surface area contributed by atoms with Crippen LogP contribution < -0.4 is 4.90 Å². The molecule has 1 saturated heterocycles. The molecule has 1 aliphatic heterocycles. The van der Waals surface area contributed by atoms with Crippen LogP contribution >= 0.6 is 15.9 Å². The Balaban J connectivity index is 2.16. The Morgan fingerprint density at radius 1 is 1.50 bits per heavy atom. The molecule has 2 unspecified atom stereocenters. The maximum Gasteiger partial charge on any atom is 0.0782 e. The lowest BCUT2D eigenvalue weighted by atomic mass is 10.1. The zero-order valence-electron chi connectivity index (χ0n) is 12.6. The van der Waals surface area contributed by atoms with E-state index in [1.54, 1.807) is 0 Å². The van der Waals surface area contributed by atoms with Crippen LogP contribution in [-0.4, -0.2) is 42.7 Å². The summed E-state index contributed by atoms with van der Waals surface area (Å²) in [6.07, 6.45) is 2.14. The van der Waals surface area contributed by atoms with Gasteiger partial charge in [-0.25, -0.2) is 0 Å². The molecular formula is C16H25BrN2O. The van der Waals surface area contributed by atoms with Crippen LogP contribution in [0.4, 0.5) is 5.69 Å². The van der Waals surface area contributed by atoms with Gasteiger partial charge in [-0.15, -0.1) is 0 Å². The molecule has 112 valence electrons. The van der Waals surface area contributed by atoms with Gasteiger partial charge in [-0.3, -0.25) is 4.90 Å². The van der Waals surface area contributed by atoms with E-state index in [9.17, 15) is 5.11 Å². The minimum Gasteiger partial charge on any atom is -0.389 e. The Morgan fingerprint density at radius 3 is 2.90 bits per heavy atom. The van der Waals surface area contributed by atoms with Gasteiger partial charge in [0.15, 0.2) is 0 Å². The number of rotatable bonds is 5. The summed E-state index contributed by atoms with van der Waals surface area (Å²) in [4.78, 5) is 4.84. The van der Waals surface area contributed by atoms with Crippen LogP contribution in [0.15, 0.2) is 22.7 Å². The summed E-state index contributed by atoms with van der Waals surface area (Å²) in [5.74, 6) is 0. The van der Waals surface area contributed by atoms with Crippen LogP contribution in [0.3, 0.4) is 0 Å². The number of aliphatic hydroxyl groups is 1. The second kappa shape index (κ2) is 6.92. The fourth-order valence-electron chi connectivity index (χ4n) is 3.13. The third-order valence-corrected chi connectivity index (χ3v) is 4.74. The number of anilines is 1. The maximum absolute atomic E-state index is 9.95. The van der Waals surface area contributed by atoms with Gasteiger partial charge >= 0.3 is 0 Å². The van der Waals surface area contributed by atoms with Crippen molar-refractivity contribution in [2.75, 3.05) is 31.6 Å². The van der Waals surface area contributed by atoms with Crippen LogP contribution in [0.25, 0.3) is 0 Å². The number of halogens is 1. The first-order chi connectivity index (χ1) is 9.52. The monoisotopic (exact) mass is 340 g/mol. The number of nitrogens with zero attached hydrogens (tertiary/aromatic N) is 2. The Bertz CT molecular complexity index is 450. The second-order valence-electron chi connectivity index (χ2n) is 5.68. The molecule has 20 heavy (non-hydrogen) atoms. The number of hydrogen-bond acceptors (Lipinski definition) is 3. The summed E-state index contributed by atoms with van der Waals surface area (Å²) in [5.41, 5.74) is 2.12. The zero-order valence-corrected chi connectivity index (χ0v) is 14.2. The Kier molecular flexibility index (Phi) is 5.47. The molecule has 3 nitrogen and oxygen atoms in total. The highest BCUT2D eigenvalue weighted by Crippen LogP contribution is 2.30. The van der Waals surface area contributed by atoms with Crippen LogP contribution in [0.5, 0.6) is 0 Å². The molecule has 0 radical (unpaired) electrons. The van der Waals surface area contributed by atoms with Crippen molar-refractivity contribution in [3.8, 4) is 0 Å². The molecule has 0 bridgehead atoms. The molecule has 1 aliphatic rings. The molecule has 0 amide bonds. The molecule has 1 N–H and O–H groups in total. The number of likely N-dealkylation sites (N-methyl/N-ethyl adjacent to an activating group) is 2. The van der Waals surface area contributed by atoms with E-state index in [1.807, 2.05) is 19.1 Å². The van der Waals surface area contributed by atoms with Gasteiger partial charge in [-0.1, -0.05) is 28.9 Å². The van der Waals surface area contributed by atoms with Gasteiger partial charge in [0.2, 0.25) is 0 Å². The molecule has 1 aromatic rings. The molecule has 4 heteroatoms. The number of aliphatic hydroxyl groups excluding tert-OH is 1. The van der Waals surface area contributed by atoms with E-state index in [4.69, 9.17) is 0 Å². The molecule has 1 heterocycles. The summed E-state index contributed by atoms with van der Waals surface area (Å²) in [6, 6.07) is 6.73. The minimum absolute atomic E-state index is 0.439. The molecule has 0 saturated carbocycles. The molecule has 0 spiro atoms. The Morgan fingerprint density at radius 2 is 2.25 bits per heavy atom. The first-order valence-corrected chi connectivity index (χ1v) is 8.25. The van der Waals surface area contributed by atoms with Gasteiger partial charge in [0.05, 0.1) is 6.10 Å². The first-order valence-electron chi connectivity index (χ1n) is 7.45. The molecule has 2 atom stereocenters. The average molecular weight is 341 g/mol. The second-order valence-corrected chi connectivity index (χ2v) is 6.60. The highest BCUT2D eigenvalue weighted by Gasteiger charge is 2.25. The number of likely N-dealkylation sites (tertiary alicyclic amines) is 1. The molecular weight excluding hydrogens is 316 g/mol. The average Bonchev–Trinajstić information content (AvgIpc) is 2.85. The standard InChI is InChI=1S/C16H25BrN2O/c1-4-19-9-5-6-14(19)11-18(3)16-10-13(17)7-8-15(16)12(2)20/h7-8,10,12,14,20H,4-6,9,11H2,1-3H3. The lowest BCUT2D eigenvalue weighted by Crippen LogP contribution is -2.39. The van der Waals surface area contributed by atoms with Crippen molar-refractivity contribution >= 4 is 21.6 Å². The van der Waals surface area contributed by atoms with Crippen molar-refractivity contribution in [1.29, 1.82) is 0 Å². The van der Waals surface area contributed by atoms with Gasteiger partial charge in [0.25, 0.3) is 0 Å². The summed E-state index contributed by atoms with van der Waals surface area (Å²) in [7, 11) is 2.12. The fraction of sp³-hybridized carbons (Fsp3) is 0.625. The van der Waals surface area contributed by atoms with Gasteiger partial charge in [-0.05, 0) is 45.0 Å². The van der Waals surface area contributed by atoms with E-state index in [-0.39, 0.29) is 0 Å². The molecule has 1 fully saturated rings. The predicted octanol–water partition coefficient (Wildman–Crippen LogP) is 3.42. The van der Waals surface area contributed by atoms with Crippen LogP contribution in [0.1, 0.15) is 38.4 Å². The van der Waals surface area contributed by atoms with Gasteiger partial charge < -0.3 is 10.0 Å². The van der Waals surface area contributed by atoms with Gasteiger partial charge in [-0.2, -0.15) is 0 Å². The molecule has 2 rings (SSSR count). The SMILES string of the molecule is CCN1CCCC1CN(C)c1cc(Br)ccc1C(C)O. The van der Waals surface area contributed by atoms with Crippen molar-refractivity contribution in [2.45, 2.75) is 38.8 Å². The predicted molar refractivity (Wildman–Crippen MR) is 88.3 cm³/mol. The summed E-state index contributed by atoms with van der Waals surface area (Å²) in [5, 5.41) is 9.95. The number of benzene rings is 1. The highest BCUT2D eigenvalue weighted by atomic mass is 79.9.